The van der Waals surface area contributed by atoms with Crippen LogP contribution in [0.15, 0.2) is 66.9 Å². The van der Waals surface area contributed by atoms with Gasteiger partial charge < -0.3 is 24.8 Å². The number of rotatable bonds is 6. The minimum atomic E-state index is -0.354. The Hall–Kier alpha value is -5.10. The average molecular weight is 591 g/mol. The molecule has 9 nitrogen and oxygen atoms in total. The zero-order chi connectivity index (χ0) is 30.8. The number of aromatic nitrogens is 1. The SMILES string of the molecule is CCOC(=O)Cc1ccc(C#N)cc1OC1CC2(CCN(C(=O)OC)CC2)c2ccc(-c3ccc4ccnc(N)c4c3)cc21. The molecule has 6 rings (SSSR count). The van der Waals surface area contributed by atoms with Crippen LogP contribution in [0.4, 0.5) is 10.6 Å². The molecule has 2 aliphatic rings. The number of nitriles is 1. The highest BCUT2D eigenvalue weighted by Gasteiger charge is 2.47. The van der Waals surface area contributed by atoms with Crippen LogP contribution in [0, 0.1) is 11.3 Å². The highest BCUT2D eigenvalue weighted by molar-refractivity contribution is 5.94. The van der Waals surface area contributed by atoms with Gasteiger partial charge in [0.15, 0.2) is 0 Å². The van der Waals surface area contributed by atoms with E-state index >= 15 is 0 Å². The largest absolute Gasteiger partial charge is 0.485 e. The number of amides is 1. The molecule has 2 heterocycles. The van der Waals surface area contributed by atoms with E-state index in [-0.39, 0.29) is 36.6 Å². The van der Waals surface area contributed by atoms with Crippen LogP contribution in [0.5, 0.6) is 5.75 Å². The molecule has 1 fully saturated rings. The number of nitrogens with zero attached hydrogens (tertiary/aromatic N) is 3. The molecule has 0 bridgehead atoms. The zero-order valence-electron chi connectivity index (χ0n) is 24.8. The van der Waals surface area contributed by atoms with E-state index < -0.39 is 0 Å². The number of hydrogen-bond donors (Lipinski definition) is 1. The van der Waals surface area contributed by atoms with Gasteiger partial charge in [-0.2, -0.15) is 5.26 Å². The first-order valence-corrected chi connectivity index (χ1v) is 14.8. The lowest BCUT2D eigenvalue weighted by molar-refractivity contribution is -0.142. The van der Waals surface area contributed by atoms with Crippen molar-refractivity contribution in [2.24, 2.45) is 0 Å². The van der Waals surface area contributed by atoms with Gasteiger partial charge in [0, 0.05) is 35.7 Å². The fourth-order valence-corrected chi connectivity index (χ4v) is 6.66. The highest BCUT2D eigenvalue weighted by Crippen LogP contribution is 2.53. The molecule has 9 heteroatoms. The van der Waals surface area contributed by atoms with Crippen LogP contribution in [-0.2, 0) is 26.1 Å². The Labute approximate surface area is 256 Å². The Bertz CT molecular complexity index is 1790. The van der Waals surface area contributed by atoms with Gasteiger partial charge in [0.2, 0.25) is 0 Å². The summed E-state index contributed by atoms with van der Waals surface area (Å²) in [5, 5.41) is 11.5. The van der Waals surface area contributed by atoms with Crippen molar-refractivity contribution in [3.63, 3.8) is 0 Å². The first-order chi connectivity index (χ1) is 21.3. The third-order valence-corrected chi connectivity index (χ3v) is 8.94. The highest BCUT2D eigenvalue weighted by atomic mass is 16.5. The normalized spacial score (nSPS) is 16.8. The topological polar surface area (TPSA) is 128 Å². The summed E-state index contributed by atoms with van der Waals surface area (Å²) in [6.45, 7) is 3.21. The van der Waals surface area contributed by atoms with Crippen LogP contribution in [0.1, 0.15) is 54.5 Å². The number of carbonyl (C=O) groups is 2. The number of likely N-dealkylation sites (tertiary alicyclic amines) is 1. The smallest absolute Gasteiger partial charge is 0.409 e. The van der Waals surface area contributed by atoms with Crippen molar-refractivity contribution in [1.82, 2.24) is 9.88 Å². The van der Waals surface area contributed by atoms with Gasteiger partial charge >= 0.3 is 12.1 Å². The van der Waals surface area contributed by atoms with Crippen LogP contribution < -0.4 is 10.5 Å². The molecule has 1 amide bonds. The van der Waals surface area contributed by atoms with E-state index in [9.17, 15) is 14.9 Å². The Morgan fingerprint density at radius 2 is 1.84 bits per heavy atom. The Kier molecular flexibility index (Phi) is 7.83. The molecule has 1 saturated heterocycles. The molecule has 1 atom stereocenters. The van der Waals surface area contributed by atoms with Crippen LogP contribution in [0.2, 0.25) is 0 Å². The molecule has 1 aliphatic heterocycles. The molecular weight excluding hydrogens is 556 g/mol. The maximum Gasteiger partial charge on any atom is 0.409 e. The lowest BCUT2D eigenvalue weighted by atomic mass is 9.73. The molecule has 4 aromatic rings. The van der Waals surface area contributed by atoms with Crippen molar-refractivity contribution in [1.29, 1.82) is 5.26 Å². The lowest BCUT2D eigenvalue weighted by Gasteiger charge is -2.39. The van der Waals surface area contributed by atoms with Gasteiger partial charge in [0.05, 0.1) is 31.8 Å². The Morgan fingerprint density at radius 1 is 1.07 bits per heavy atom. The number of hydrogen-bond acceptors (Lipinski definition) is 8. The fraction of sp³-hybridized carbons (Fsp3) is 0.314. The predicted octanol–water partition coefficient (Wildman–Crippen LogP) is 6.09. The number of nitrogens with two attached hydrogens (primary N) is 1. The second kappa shape index (κ2) is 11.9. The quantitative estimate of drug-likeness (QED) is 0.268. The van der Waals surface area contributed by atoms with Crippen LogP contribution in [-0.4, -0.2) is 48.8 Å². The number of anilines is 1. The van der Waals surface area contributed by atoms with Crippen molar-refractivity contribution < 1.29 is 23.8 Å². The second-order valence-corrected chi connectivity index (χ2v) is 11.4. The molecule has 0 saturated carbocycles. The Morgan fingerprint density at radius 3 is 2.59 bits per heavy atom. The minimum absolute atomic E-state index is 0.0419. The van der Waals surface area contributed by atoms with Gasteiger partial charge in [0.1, 0.15) is 17.7 Å². The number of piperidine rings is 1. The fourth-order valence-electron chi connectivity index (χ4n) is 6.66. The number of ether oxygens (including phenoxy) is 3. The number of methoxy groups -OCH3 is 1. The monoisotopic (exact) mass is 590 g/mol. The van der Waals surface area contributed by atoms with Gasteiger partial charge in [-0.3, -0.25) is 4.79 Å². The van der Waals surface area contributed by atoms with Crippen LogP contribution >= 0.6 is 0 Å². The number of carbonyl (C=O) groups excluding carboxylic acids is 2. The molecule has 0 radical (unpaired) electrons. The predicted molar refractivity (Wildman–Crippen MR) is 166 cm³/mol. The number of pyridine rings is 1. The molecule has 3 aromatic carbocycles. The summed E-state index contributed by atoms with van der Waals surface area (Å²) in [6, 6.07) is 21.9. The first kappa shape index (κ1) is 29.0. The summed E-state index contributed by atoms with van der Waals surface area (Å²) in [5.41, 5.74) is 11.4. The maximum atomic E-state index is 12.4. The van der Waals surface area contributed by atoms with Gasteiger partial charge in [-0.1, -0.05) is 30.3 Å². The lowest BCUT2D eigenvalue weighted by Crippen LogP contribution is -2.44. The van der Waals surface area contributed by atoms with Gasteiger partial charge in [-0.15, -0.1) is 0 Å². The summed E-state index contributed by atoms with van der Waals surface area (Å²) in [5.74, 6) is 0.620. The second-order valence-electron chi connectivity index (χ2n) is 11.4. The third kappa shape index (κ3) is 5.39. The molecule has 1 aromatic heterocycles. The van der Waals surface area contributed by atoms with E-state index in [2.05, 4.69) is 41.4 Å². The third-order valence-electron chi connectivity index (χ3n) is 8.94. The molecule has 1 unspecified atom stereocenters. The van der Waals surface area contributed by atoms with Gasteiger partial charge in [0.25, 0.3) is 0 Å². The van der Waals surface area contributed by atoms with E-state index in [1.54, 1.807) is 36.2 Å². The zero-order valence-corrected chi connectivity index (χ0v) is 24.8. The molecule has 44 heavy (non-hydrogen) atoms. The summed E-state index contributed by atoms with van der Waals surface area (Å²) in [6.07, 6.45) is 3.32. The van der Waals surface area contributed by atoms with Gasteiger partial charge in [-0.25, -0.2) is 9.78 Å². The van der Waals surface area contributed by atoms with Gasteiger partial charge in [-0.05, 0) is 84.2 Å². The summed E-state index contributed by atoms with van der Waals surface area (Å²) in [4.78, 5) is 30.7. The summed E-state index contributed by atoms with van der Waals surface area (Å²) < 4.78 is 16.9. The molecule has 2 N–H and O–H groups in total. The van der Waals surface area contributed by atoms with Crippen molar-refractivity contribution in [3.8, 4) is 22.9 Å². The van der Waals surface area contributed by atoms with Crippen molar-refractivity contribution >= 4 is 28.7 Å². The Balaban J connectivity index is 1.40. The van der Waals surface area contributed by atoms with Crippen molar-refractivity contribution in [2.45, 2.75) is 44.1 Å². The number of benzene rings is 3. The summed E-state index contributed by atoms with van der Waals surface area (Å²) >= 11 is 0. The first-order valence-electron chi connectivity index (χ1n) is 14.8. The molecule has 1 aliphatic carbocycles. The van der Waals surface area contributed by atoms with Crippen LogP contribution in [0.3, 0.4) is 0 Å². The molecule has 1 spiro atoms. The number of nitrogen functional groups attached to an aromatic ring is 1. The maximum absolute atomic E-state index is 12.4. The van der Waals surface area contributed by atoms with Crippen molar-refractivity contribution in [3.05, 3.63) is 89.1 Å². The van der Waals surface area contributed by atoms with E-state index in [4.69, 9.17) is 19.9 Å². The number of fused-ring (bicyclic) bond motifs is 3. The molecular formula is C35H34N4O5. The van der Waals surface area contributed by atoms with Crippen molar-refractivity contribution in [2.75, 3.05) is 32.5 Å². The molecule has 224 valence electrons. The van der Waals surface area contributed by atoms with E-state index in [1.165, 1.54) is 12.7 Å². The standard InChI is InChI=1S/C35H34N4O5/c1-3-43-32(40)19-26-5-4-22(21-36)16-30(26)44-31-20-35(11-14-39(15-12-35)34(41)42-2)29-9-8-25(18-28(29)31)24-7-6-23-10-13-38-33(37)27(23)17-24/h4-10,13,16-18,31H,3,11-12,14-15,19-20H2,1-2H3,(H2,37,38). The number of esters is 1. The van der Waals surface area contributed by atoms with E-state index in [0.29, 0.717) is 42.2 Å². The van der Waals surface area contributed by atoms with Crippen LogP contribution in [0.25, 0.3) is 21.9 Å². The minimum Gasteiger partial charge on any atom is -0.485 e. The van der Waals surface area contributed by atoms with E-state index in [0.717, 1.165) is 40.3 Å². The summed E-state index contributed by atoms with van der Waals surface area (Å²) in [7, 11) is 1.41. The van der Waals surface area contributed by atoms with E-state index in [1.807, 2.05) is 12.1 Å². The average Bonchev–Trinajstić information content (AvgIpc) is 3.33.